The Hall–Kier alpha value is -2.80. The van der Waals surface area contributed by atoms with Crippen LogP contribution in [0.1, 0.15) is 24.8 Å². The highest BCUT2D eigenvalue weighted by molar-refractivity contribution is 5.88. The number of oxime groups is 1. The zero-order valence-electron chi connectivity index (χ0n) is 18.2. The molecule has 1 atom stereocenters. The van der Waals surface area contributed by atoms with E-state index in [0.717, 1.165) is 62.0 Å². The predicted octanol–water partition coefficient (Wildman–Crippen LogP) is 3.92. The van der Waals surface area contributed by atoms with E-state index in [-0.39, 0.29) is 11.7 Å². The third kappa shape index (κ3) is 4.93. The average Bonchev–Trinajstić information content (AvgIpc) is 2.80. The van der Waals surface area contributed by atoms with Gasteiger partial charge in [0.2, 0.25) is 0 Å². The maximum absolute atomic E-state index is 14.4. The van der Waals surface area contributed by atoms with Crippen LogP contribution in [0.2, 0.25) is 0 Å². The van der Waals surface area contributed by atoms with Gasteiger partial charge in [0.05, 0.1) is 11.4 Å². The molecule has 2 heterocycles. The number of para-hydroxylation sites is 1. The second-order valence-electron chi connectivity index (χ2n) is 7.91. The molecule has 0 saturated carbocycles. The van der Waals surface area contributed by atoms with Gasteiger partial charge in [-0.05, 0) is 43.7 Å². The third-order valence-corrected chi connectivity index (χ3v) is 6.01. The van der Waals surface area contributed by atoms with Crippen molar-refractivity contribution in [3.8, 4) is 11.5 Å². The van der Waals surface area contributed by atoms with Gasteiger partial charge in [0.15, 0.2) is 11.5 Å². The minimum absolute atomic E-state index is 0.106. The highest BCUT2D eigenvalue weighted by Crippen LogP contribution is 2.39. The van der Waals surface area contributed by atoms with Crippen molar-refractivity contribution in [1.82, 2.24) is 4.90 Å². The first-order valence-corrected chi connectivity index (χ1v) is 10.9. The zero-order valence-corrected chi connectivity index (χ0v) is 18.2. The lowest BCUT2D eigenvalue weighted by Crippen LogP contribution is -2.47. The summed E-state index contributed by atoms with van der Waals surface area (Å²) in [5.74, 6) is 1.38. The van der Waals surface area contributed by atoms with Crippen molar-refractivity contribution >= 4 is 11.4 Å². The number of ether oxygens (including phenoxy) is 2. The summed E-state index contributed by atoms with van der Waals surface area (Å²) >= 11 is 0. The summed E-state index contributed by atoms with van der Waals surface area (Å²) < 4.78 is 26.0. The Balaban J connectivity index is 1.38. The van der Waals surface area contributed by atoms with Crippen LogP contribution in [0.3, 0.4) is 0 Å². The number of hydrogen-bond donors (Lipinski definition) is 0. The van der Waals surface area contributed by atoms with E-state index < -0.39 is 0 Å². The standard InChI is InChI=1S/C24H30FN3O3/c1-18(26-29-2)19(20-6-3-4-7-21(20)25)10-11-27-12-14-28(15-13-27)22-8-5-9-23-24(22)31-17-16-30-23/h3-9,19H,10-17H2,1-2H3. The highest BCUT2D eigenvalue weighted by Gasteiger charge is 2.25. The average molecular weight is 428 g/mol. The van der Waals surface area contributed by atoms with Crippen molar-refractivity contribution in [1.29, 1.82) is 0 Å². The van der Waals surface area contributed by atoms with Crippen LogP contribution in [0.4, 0.5) is 10.1 Å². The third-order valence-electron chi connectivity index (χ3n) is 6.01. The number of fused-ring (bicyclic) bond motifs is 1. The van der Waals surface area contributed by atoms with Gasteiger partial charge >= 0.3 is 0 Å². The van der Waals surface area contributed by atoms with Gasteiger partial charge in [-0.3, -0.25) is 4.90 Å². The molecule has 7 heteroatoms. The number of nitrogens with zero attached hydrogens (tertiary/aromatic N) is 3. The molecule has 0 N–H and O–H groups in total. The fourth-order valence-corrected chi connectivity index (χ4v) is 4.39. The number of benzene rings is 2. The first-order valence-electron chi connectivity index (χ1n) is 10.9. The fourth-order valence-electron chi connectivity index (χ4n) is 4.39. The molecule has 0 bridgehead atoms. The Bertz CT molecular complexity index is 913. The monoisotopic (exact) mass is 427 g/mol. The van der Waals surface area contributed by atoms with E-state index in [9.17, 15) is 4.39 Å². The van der Waals surface area contributed by atoms with Crippen LogP contribution >= 0.6 is 0 Å². The molecule has 0 spiro atoms. The minimum Gasteiger partial charge on any atom is -0.486 e. The van der Waals surface area contributed by atoms with Crippen LogP contribution in [-0.4, -0.2) is 63.7 Å². The molecule has 2 aliphatic heterocycles. The van der Waals surface area contributed by atoms with E-state index in [0.29, 0.717) is 18.8 Å². The molecule has 31 heavy (non-hydrogen) atoms. The quantitative estimate of drug-likeness (QED) is 0.495. The molecule has 2 aromatic rings. The number of anilines is 1. The summed E-state index contributed by atoms with van der Waals surface area (Å²) in [5, 5.41) is 4.10. The highest BCUT2D eigenvalue weighted by atomic mass is 19.1. The SMILES string of the molecule is CON=C(C)C(CCN1CCN(c2cccc3c2OCCO3)CC1)c1ccccc1F. The summed E-state index contributed by atoms with van der Waals surface area (Å²) in [6, 6.07) is 13.0. The van der Waals surface area contributed by atoms with Crippen molar-refractivity contribution < 1.29 is 18.7 Å². The second-order valence-corrected chi connectivity index (χ2v) is 7.91. The molecule has 0 aliphatic carbocycles. The van der Waals surface area contributed by atoms with Gasteiger partial charge in [0.25, 0.3) is 0 Å². The molecule has 0 amide bonds. The molecular weight excluding hydrogens is 397 g/mol. The van der Waals surface area contributed by atoms with Gasteiger partial charge in [-0.15, -0.1) is 0 Å². The van der Waals surface area contributed by atoms with Crippen molar-refractivity contribution in [3.63, 3.8) is 0 Å². The molecule has 4 rings (SSSR count). The normalized spacial score (nSPS) is 18.0. The van der Waals surface area contributed by atoms with Crippen molar-refractivity contribution in [2.24, 2.45) is 5.16 Å². The first-order chi connectivity index (χ1) is 15.2. The lowest BCUT2D eigenvalue weighted by Gasteiger charge is -2.37. The number of piperazine rings is 1. The molecule has 1 saturated heterocycles. The smallest absolute Gasteiger partial charge is 0.184 e. The topological polar surface area (TPSA) is 46.5 Å². The summed E-state index contributed by atoms with van der Waals surface area (Å²) in [4.78, 5) is 9.75. The Morgan fingerprint density at radius 1 is 1.06 bits per heavy atom. The Labute approximate surface area is 183 Å². The van der Waals surface area contributed by atoms with E-state index >= 15 is 0 Å². The number of rotatable bonds is 7. The van der Waals surface area contributed by atoms with Gasteiger partial charge in [0, 0.05) is 32.1 Å². The van der Waals surface area contributed by atoms with E-state index in [1.165, 1.54) is 13.2 Å². The van der Waals surface area contributed by atoms with Gasteiger partial charge in [-0.25, -0.2) is 4.39 Å². The van der Waals surface area contributed by atoms with Gasteiger partial charge in [0.1, 0.15) is 26.1 Å². The second kappa shape index (κ2) is 10.0. The lowest BCUT2D eigenvalue weighted by atomic mass is 9.91. The Morgan fingerprint density at radius 2 is 1.84 bits per heavy atom. The summed E-state index contributed by atoms with van der Waals surface area (Å²) in [7, 11) is 1.53. The first kappa shape index (κ1) is 21.4. The van der Waals surface area contributed by atoms with Crippen LogP contribution in [0.25, 0.3) is 0 Å². The van der Waals surface area contributed by atoms with Crippen LogP contribution in [0.15, 0.2) is 47.6 Å². The summed E-state index contributed by atoms with van der Waals surface area (Å²) in [6.45, 7) is 7.66. The van der Waals surface area contributed by atoms with Crippen LogP contribution in [0.5, 0.6) is 11.5 Å². The van der Waals surface area contributed by atoms with Crippen LogP contribution in [0, 0.1) is 5.82 Å². The van der Waals surface area contributed by atoms with E-state index in [4.69, 9.17) is 14.3 Å². The number of halogens is 1. The molecule has 6 nitrogen and oxygen atoms in total. The van der Waals surface area contributed by atoms with E-state index in [1.54, 1.807) is 6.07 Å². The van der Waals surface area contributed by atoms with Gasteiger partial charge < -0.3 is 19.2 Å². The van der Waals surface area contributed by atoms with Crippen LogP contribution < -0.4 is 14.4 Å². The molecule has 166 valence electrons. The van der Waals surface area contributed by atoms with E-state index in [1.807, 2.05) is 31.2 Å². The van der Waals surface area contributed by atoms with E-state index in [2.05, 4.69) is 21.0 Å². The molecule has 2 aliphatic rings. The molecule has 1 fully saturated rings. The maximum atomic E-state index is 14.4. The van der Waals surface area contributed by atoms with Crippen molar-refractivity contribution in [2.45, 2.75) is 19.3 Å². The van der Waals surface area contributed by atoms with Gasteiger partial charge in [-0.2, -0.15) is 0 Å². The van der Waals surface area contributed by atoms with Crippen LogP contribution in [-0.2, 0) is 4.84 Å². The molecular formula is C24H30FN3O3. The molecule has 1 unspecified atom stereocenters. The van der Waals surface area contributed by atoms with Crippen molar-refractivity contribution in [3.05, 3.63) is 53.8 Å². The Morgan fingerprint density at radius 3 is 2.61 bits per heavy atom. The minimum atomic E-state index is -0.195. The van der Waals surface area contributed by atoms with Gasteiger partial charge in [-0.1, -0.05) is 29.4 Å². The summed E-state index contributed by atoms with van der Waals surface area (Å²) in [5.41, 5.74) is 2.57. The molecule has 0 aromatic heterocycles. The Kier molecular flexibility index (Phi) is 6.92. The largest absolute Gasteiger partial charge is 0.486 e. The lowest BCUT2D eigenvalue weighted by molar-refractivity contribution is 0.171. The summed E-state index contributed by atoms with van der Waals surface area (Å²) in [6.07, 6.45) is 0.789. The fraction of sp³-hybridized carbons (Fsp3) is 0.458. The number of hydrogen-bond acceptors (Lipinski definition) is 6. The zero-order chi connectivity index (χ0) is 21.6. The maximum Gasteiger partial charge on any atom is 0.184 e. The van der Waals surface area contributed by atoms with Crippen molar-refractivity contribution in [2.75, 3.05) is 57.9 Å². The predicted molar refractivity (Wildman–Crippen MR) is 120 cm³/mol. The molecule has 0 radical (unpaired) electrons. The molecule has 2 aromatic carbocycles.